The van der Waals surface area contributed by atoms with Crippen LogP contribution in [0.1, 0.15) is 19.4 Å². The number of aryl methyl sites for hydroxylation is 1. The van der Waals surface area contributed by atoms with Gasteiger partial charge in [0.25, 0.3) is 0 Å². The lowest BCUT2D eigenvalue weighted by Gasteiger charge is -2.01. The molecule has 3 rings (SSSR count). The second-order valence-electron chi connectivity index (χ2n) is 5.81. The summed E-state index contributed by atoms with van der Waals surface area (Å²) in [5, 5.41) is 7.63. The maximum absolute atomic E-state index is 12.4. The number of hydrogen-bond donors (Lipinski definition) is 0. The number of aromatic nitrogens is 3. The highest BCUT2D eigenvalue weighted by Crippen LogP contribution is 2.36. The second-order valence-corrected chi connectivity index (χ2v) is 7.70. The summed E-state index contributed by atoms with van der Waals surface area (Å²) >= 11 is 0. The average molecular weight is 307 g/mol. The zero-order valence-corrected chi connectivity index (χ0v) is 13.0. The van der Waals surface area contributed by atoms with Crippen molar-refractivity contribution in [3.8, 4) is 0 Å². The van der Waals surface area contributed by atoms with E-state index < -0.39 is 9.84 Å². The van der Waals surface area contributed by atoms with Crippen LogP contribution in [0.2, 0.25) is 0 Å². The van der Waals surface area contributed by atoms with Gasteiger partial charge in [-0.3, -0.25) is 0 Å². The van der Waals surface area contributed by atoms with E-state index in [4.69, 9.17) is 4.74 Å². The van der Waals surface area contributed by atoms with Crippen molar-refractivity contribution in [2.45, 2.75) is 48.9 Å². The number of hydrogen-bond acceptors (Lipinski definition) is 5. The molecule has 1 aliphatic rings. The molecule has 2 aromatic rings. The SMILES string of the molecule is Cc1ccc(S(=O)(=O)c2cn(CC3OC3(C)C)nn2)cc1. The molecule has 6 nitrogen and oxygen atoms in total. The van der Waals surface area contributed by atoms with Crippen molar-refractivity contribution in [1.82, 2.24) is 15.0 Å². The number of epoxide rings is 1. The Hall–Kier alpha value is -1.73. The summed E-state index contributed by atoms with van der Waals surface area (Å²) in [5.74, 6) is 0. The topological polar surface area (TPSA) is 77.4 Å². The van der Waals surface area contributed by atoms with Gasteiger partial charge in [-0.2, -0.15) is 0 Å². The molecule has 21 heavy (non-hydrogen) atoms. The minimum Gasteiger partial charge on any atom is -0.365 e. The Bertz CT molecular complexity index is 763. The normalized spacial score (nSPS) is 20.4. The molecular formula is C14H17N3O3S. The van der Waals surface area contributed by atoms with Crippen molar-refractivity contribution in [2.24, 2.45) is 0 Å². The summed E-state index contributed by atoms with van der Waals surface area (Å²) in [6.07, 6.45) is 1.50. The summed E-state index contributed by atoms with van der Waals surface area (Å²) in [7, 11) is -3.61. The molecule has 1 unspecified atom stereocenters. The number of ether oxygens (including phenoxy) is 1. The van der Waals surface area contributed by atoms with Crippen LogP contribution < -0.4 is 0 Å². The lowest BCUT2D eigenvalue weighted by atomic mass is 10.1. The second kappa shape index (κ2) is 4.64. The number of nitrogens with zero attached hydrogens (tertiary/aromatic N) is 3. The molecule has 0 bridgehead atoms. The van der Waals surface area contributed by atoms with Gasteiger partial charge in [0.15, 0.2) is 0 Å². The zero-order chi connectivity index (χ0) is 15.3. The zero-order valence-electron chi connectivity index (χ0n) is 12.1. The van der Waals surface area contributed by atoms with E-state index in [2.05, 4.69) is 10.3 Å². The van der Waals surface area contributed by atoms with Crippen LogP contribution >= 0.6 is 0 Å². The molecule has 0 spiro atoms. The van der Waals surface area contributed by atoms with Crippen LogP contribution in [0.25, 0.3) is 0 Å². The standard InChI is InChI=1S/C14H17N3O3S/c1-10-4-6-11(7-5-10)21(18,19)13-9-17(16-15-13)8-12-14(2,3)20-12/h4-7,9,12H,8H2,1-3H3. The van der Waals surface area contributed by atoms with Crippen molar-refractivity contribution in [2.75, 3.05) is 0 Å². The smallest absolute Gasteiger partial charge is 0.227 e. The van der Waals surface area contributed by atoms with Crippen LogP contribution in [0.15, 0.2) is 40.4 Å². The largest absolute Gasteiger partial charge is 0.365 e. The van der Waals surface area contributed by atoms with Gasteiger partial charge in [0.2, 0.25) is 14.9 Å². The van der Waals surface area contributed by atoms with E-state index in [0.29, 0.717) is 6.54 Å². The summed E-state index contributed by atoms with van der Waals surface area (Å²) in [6.45, 7) is 6.38. The minimum absolute atomic E-state index is 0.0372. The van der Waals surface area contributed by atoms with Gasteiger partial charge in [0.1, 0.15) is 6.10 Å². The van der Waals surface area contributed by atoms with Crippen molar-refractivity contribution >= 4 is 9.84 Å². The predicted octanol–water partition coefficient (Wildman–Crippen LogP) is 1.60. The molecule has 2 heterocycles. The Morgan fingerprint density at radius 3 is 2.48 bits per heavy atom. The minimum atomic E-state index is -3.61. The van der Waals surface area contributed by atoms with E-state index in [1.54, 1.807) is 24.3 Å². The van der Waals surface area contributed by atoms with Gasteiger partial charge in [-0.25, -0.2) is 13.1 Å². The Labute approximate surface area is 123 Å². The molecule has 0 saturated carbocycles. The van der Waals surface area contributed by atoms with Crippen LogP contribution in [0.5, 0.6) is 0 Å². The number of rotatable bonds is 4. The Morgan fingerprint density at radius 2 is 1.90 bits per heavy atom. The van der Waals surface area contributed by atoms with E-state index in [1.165, 1.54) is 10.9 Å². The highest BCUT2D eigenvalue weighted by Gasteiger charge is 2.48. The van der Waals surface area contributed by atoms with Gasteiger partial charge in [-0.15, -0.1) is 5.10 Å². The molecule has 0 radical (unpaired) electrons. The third-order valence-electron chi connectivity index (χ3n) is 3.64. The van der Waals surface area contributed by atoms with Crippen LogP contribution in [-0.2, 0) is 21.1 Å². The molecule has 1 aliphatic heterocycles. The Morgan fingerprint density at radius 1 is 1.29 bits per heavy atom. The van der Waals surface area contributed by atoms with E-state index >= 15 is 0 Å². The summed E-state index contributed by atoms with van der Waals surface area (Å²) < 4.78 is 31.9. The van der Waals surface area contributed by atoms with Crippen LogP contribution in [0.4, 0.5) is 0 Å². The van der Waals surface area contributed by atoms with Crippen LogP contribution in [-0.4, -0.2) is 35.1 Å². The van der Waals surface area contributed by atoms with Gasteiger partial charge in [0, 0.05) is 0 Å². The first-order valence-electron chi connectivity index (χ1n) is 6.69. The summed E-state index contributed by atoms with van der Waals surface area (Å²) in [4.78, 5) is 0.225. The first-order valence-corrected chi connectivity index (χ1v) is 8.17. The van der Waals surface area contributed by atoms with Crippen molar-refractivity contribution in [3.05, 3.63) is 36.0 Å². The predicted molar refractivity (Wildman–Crippen MR) is 75.6 cm³/mol. The maximum atomic E-state index is 12.4. The highest BCUT2D eigenvalue weighted by molar-refractivity contribution is 7.91. The van der Waals surface area contributed by atoms with Crippen molar-refractivity contribution in [3.63, 3.8) is 0 Å². The molecule has 1 saturated heterocycles. The summed E-state index contributed by atoms with van der Waals surface area (Å²) in [5.41, 5.74) is 0.841. The van der Waals surface area contributed by atoms with Crippen molar-refractivity contribution < 1.29 is 13.2 Å². The van der Waals surface area contributed by atoms with E-state index in [1.807, 2.05) is 20.8 Å². The summed E-state index contributed by atoms with van der Waals surface area (Å²) in [6, 6.07) is 6.68. The molecule has 1 atom stereocenters. The monoisotopic (exact) mass is 307 g/mol. The molecule has 7 heteroatoms. The molecule has 1 fully saturated rings. The molecular weight excluding hydrogens is 290 g/mol. The maximum Gasteiger partial charge on any atom is 0.227 e. The van der Waals surface area contributed by atoms with Crippen molar-refractivity contribution in [1.29, 1.82) is 0 Å². The quantitative estimate of drug-likeness (QED) is 0.802. The molecule has 112 valence electrons. The lowest BCUT2D eigenvalue weighted by Crippen LogP contribution is -2.11. The van der Waals surface area contributed by atoms with Gasteiger partial charge < -0.3 is 4.74 Å². The average Bonchev–Trinajstić information content (AvgIpc) is 2.83. The lowest BCUT2D eigenvalue weighted by molar-refractivity contribution is 0.312. The van der Waals surface area contributed by atoms with E-state index in [-0.39, 0.29) is 21.6 Å². The molecule has 0 N–H and O–H groups in total. The van der Waals surface area contributed by atoms with Crippen LogP contribution in [0.3, 0.4) is 0 Å². The highest BCUT2D eigenvalue weighted by atomic mass is 32.2. The van der Waals surface area contributed by atoms with E-state index in [9.17, 15) is 8.42 Å². The number of benzene rings is 1. The van der Waals surface area contributed by atoms with Gasteiger partial charge in [-0.1, -0.05) is 22.9 Å². The van der Waals surface area contributed by atoms with Crippen LogP contribution in [0, 0.1) is 6.92 Å². The molecule has 1 aromatic carbocycles. The van der Waals surface area contributed by atoms with Gasteiger partial charge in [0.05, 0.1) is 23.2 Å². The first-order chi connectivity index (χ1) is 9.79. The third-order valence-corrected chi connectivity index (χ3v) is 5.27. The fraction of sp³-hybridized carbons (Fsp3) is 0.429. The fourth-order valence-corrected chi connectivity index (χ4v) is 3.23. The third kappa shape index (κ3) is 2.71. The van der Waals surface area contributed by atoms with E-state index in [0.717, 1.165) is 5.56 Å². The fourth-order valence-electron chi connectivity index (χ4n) is 2.09. The molecule has 0 aliphatic carbocycles. The Balaban J connectivity index is 1.83. The van der Waals surface area contributed by atoms with Gasteiger partial charge >= 0.3 is 0 Å². The molecule has 0 amide bonds. The van der Waals surface area contributed by atoms with Gasteiger partial charge in [-0.05, 0) is 32.9 Å². The number of sulfone groups is 1. The first kappa shape index (κ1) is 14.2. The molecule has 1 aromatic heterocycles. The Kier molecular flexibility index (Phi) is 3.14.